The summed E-state index contributed by atoms with van der Waals surface area (Å²) in [6, 6.07) is 6.53. The van der Waals surface area contributed by atoms with Crippen LogP contribution in [-0.2, 0) is 13.2 Å². The molecule has 0 saturated carbocycles. The number of carbonyl (C=O) groups excluding carboxylic acids is 1. The van der Waals surface area contributed by atoms with Gasteiger partial charge < -0.3 is 10.1 Å². The van der Waals surface area contributed by atoms with Gasteiger partial charge in [-0.2, -0.15) is 5.10 Å². The van der Waals surface area contributed by atoms with Crippen LogP contribution < -0.4 is 10.1 Å². The summed E-state index contributed by atoms with van der Waals surface area (Å²) in [5, 5.41) is 8.92. The minimum absolute atomic E-state index is 0.0324. The molecule has 0 bridgehead atoms. The third-order valence-electron chi connectivity index (χ3n) is 4.01. The maximum absolute atomic E-state index is 13.6. The number of hydrogen-bond acceptors (Lipinski definition) is 4. The second kappa shape index (κ2) is 8.30. The van der Waals surface area contributed by atoms with Gasteiger partial charge in [0.1, 0.15) is 12.4 Å². The largest absolute Gasteiger partial charge is 0.486 e. The van der Waals surface area contributed by atoms with E-state index >= 15 is 0 Å². The molecule has 1 atom stereocenters. The summed E-state index contributed by atoms with van der Waals surface area (Å²) in [7, 11) is 0. The number of ether oxygens (including phenoxy) is 1. The van der Waals surface area contributed by atoms with E-state index < -0.39 is 11.6 Å². The molecule has 2 aromatic heterocycles. The van der Waals surface area contributed by atoms with Gasteiger partial charge in [0.15, 0.2) is 11.6 Å². The van der Waals surface area contributed by atoms with Gasteiger partial charge >= 0.3 is 0 Å². The molecule has 1 aromatic carbocycles. The van der Waals surface area contributed by atoms with E-state index in [1.807, 2.05) is 24.6 Å². The van der Waals surface area contributed by atoms with Crippen molar-refractivity contribution < 1.29 is 18.3 Å². The summed E-state index contributed by atoms with van der Waals surface area (Å²) >= 11 is 1.28. The Hall–Kier alpha value is -2.74. The molecule has 0 aliphatic carbocycles. The molecule has 1 amide bonds. The highest BCUT2D eigenvalue weighted by molar-refractivity contribution is 7.12. The van der Waals surface area contributed by atoms with E-state index in [1.54, 1.807) is 17.6 Å². The molecule has 1 unspecified atom stereocenters. The van der Waals surface area contributed by atoms with E-state index in [-0.39, 0.29) is 24.3 Å². The Morgan fingerprint density at radius 2 is 2.15 bits per heavy atom. The molecule has 0 radical (unpaired) electrons. The smallest absolute Gasteiger partial charge is 0.261 e. The minimum atomic E-state index is -0.760. The SMILES string of the molecule is CCn1nccc1C(C)NC(=O)c1cc(COc2ccc(F)cc2F)cs1. The molecule has 8 heteroatoms. The first-order chi connectivity index (χ1) is 13.0. The molecule has 0 saturated heterocycles. The van der Waals surface area contributed by atoms with Crippen LogP contribution in [0.5, 0.6) is 5.75 Å². The Labute approximate surface area is 159 Å². The number of rotatable bonds is 7. The molecule has 0 spiro atoms. The van der Waals surface area contributed by atoms with Gasteiger partial charge in [-0.25, -0.2) is 8.78 Å². The van der Waals surface area contributed by atoms with Gasteiger partial charge in [-0.3, -0.25) is 9.48 Å². The van der Waals surface area contributed by atoms with Crippen molar-refractivity contribution in [2.75, 3.05) is 0 Å². The van der Waals surface area contributed by atoms with Crippen molar-refractivity contribution in [1.82, 2.24) is 15.1 Å². The van der Waals surface area contributed by atoms with Crippen LogP contribution in [0.2, 0.25) is 0 Å². The molecule has 3 aromatic rings. The lowest BCUT2D eigenvalue weighted by molar-refractivity contribution is 0.0942. The summed E-state index contributed by atoms with van der Waals surface area (Å²) in [6.07, 6.45) is 1.71. The molecule has 0 fully saturated rings. The normalized spacial score (nSPS) is 12.0. The number of amides is 1. The highest BCUT2D eigenvalue weighted by Crippen LogP contribution is 2.22. The average molecular weight is 391 g/mol. The summed E-state index contributed by atoms with van der Waals surface area (Å²) in [6.45, 7) is 4.70. The van der Waals surface area contributed by atoms with Crippen molar-refractivity contribution in [1.29, 1.82) is 0 Å². The summed E-state index contributed by atoms with van der Waals surface area (Å²) < 4.78 is 33.7. The van der Waals surface area contributed by atoms with Crippen LogP contribution in [-0.4, -0.2) is 15.7 Å². The summed E-state index contributed by atoms with van der Waals surface area (Å²) in [4.78, 5) is 13.0. The predicted octanol–water partition coefficient (Wildman–Crippen LogP) is 4.31. The van der Waals surface area contributed by atoms with Crippen LogP contribution in [0.25, 0.3) is 0 Å². The van der Waals surface area contributed by atoms with Crippen molar-refractivity contribution in [3.8, 4) is 5.75 Å². The zero-order chi connectivity index (χ0) is 19.4. The predicted molar refractivity (Wildman–Crippen MR) is 98.8 cm³/mol. The molecule has 1 N–H and O–H groups in total. The highest BCUT2D eigenvalue weighted by atomic mass is 32.1. The third kappa shape index (κ3) is 4.51. The molecule has 27 heavy (non-hydrogen) atoms. The lowest BCUT2D eigenvalue weighted by Crippen LogP contribution is -2.27. The molecule has 3 rings (SSSR count). The Morgan fingerprint density at radius 3 is 2.89 bits per heavy atom. The van der Waals surface area contributed by atoms with E-state index in [4.69, 9.17) is 4.74 Å². The van der Waals surface area contributed by atoms with Gasteiger partial charge in [0, 0.05) is 24.4 Å². The van der Waals surface area contributed by atoms with Crippen LogP contribution in [0.1, 0.15) is 40.8 Å². The third-order valence-corrected chi connectivity index (χ3v) is 4.98. The average Bonchev–Trinajstić information content (AvgIpc) is 3.30. The number of aromatic nitrogens is 2. The first-order valence-electron chi connectivity index (χ1n) is 8.45. The Kier molecular flexibility index (Phi) is 5.85. The second-order valence-corrected chi connectivity index (χ2v) is 6.86. The topological polar surface area (TPSA) is 56.2 Å². The van der Waals surface area contributed by atoms with Crippen molar-refractivity contribution >= 4 is 17.2 Å². The molecule has 5 nitrogen and oxygen atoms in total. The van der Waals surface area contributed by atoms with Gasteiger partial charge in [0.05, 0.1) is 16.6 Å². The Balaban J connectivity index is 1.60. The van der Waals surface area contributed by atoms with E-state index in [0.717, 1.165) is 29.9 Å². The molecule has 142 valence electrons. The second-order valence-electron chi connectivity index (χ2n) is 5.95. The van der Waals surface area contributed by atoms with E-state index in [9.17, 15) is 13.6 Å². The van der Waals surface area contributed by atoms with Crippen LogP contribution in [0.3, 0.4) is 0 Å². The van der Waals surface area contributed by atoms with Crippen molar-refractivity contribution in [3.63, 3.8) is 0 Å². The standard InChI is InChI=1S/C19H19F2N3O2S/c1-3-24-16(6-7-22-24)12(2)23-19(25)18-8-13(11-27-18)10-26-17-5-4-14(20)9-15(17)21/h4-9,11-12H,3,10H2,1-2H3,(H,23,25). The van der Waals surface area contributed by atoms with Crippen LogP contribution in [0, 0.1) is 11.6 Å². The van der Waals surface area contributed by atoms with Crippen molar-refractivity contribution in [3.05, 3.63) is 69.7 Å². The number of halogens is 2. The van der Waals surface area contributed by atoms with E-state index in [2.05, 4.69) is 10.4 Å². The van der Waals surface area contributed by atoms with Crippen LogP contribution in [0.15, 0.2) is 41.9 Å². The van der Waals surface area contributed by atoms with Gasteiger partial charge in [0.25, 0.3) is 5.91 Å². The number of nitrogens with zero attached hydrogens (tertiary/aromatic N) is 2. The zero-order valence-electron chi connectivity index (χ0n) is 14.9. The zero-order valence-corrected chi connectivity index (χ0v) is 15.7. The molecule has 0 aliphatic heterocycles. The quantitative estimate of drug-likeness (QED) is 0.653. The van der Waals surface area contributed by atoms with Gasteiger partial charge in [-0.15, -0.1) is 11.3 Å². The fraction of sp³-hybridized carbons (Fsp3) is 0.263. The number of hydrogen-bond donors (Lipinski definition) is 1. The number of thiophene rings is 1. The fourth-order valence-corrected chi connectivity index (χ4v) is 3.44. The highest BCUT2D eigenvalue weighted by Gasteiger charge is 2.16. The maximum Gasteiger partial charge on any atom is 0.261 e. The molecule has 2 heterocycles. The van der Waals surface area contributed by atoms with Gasteiger partial charge in [0.2, 0.25) is 0 Å². The molecule has 0 aliphatic rings. The summed E-state index contributed by atoms with van der Waals surface area (Å²) in [5.74, 6) is -1.65. The van der Waals surface area contributed by atoms with Gasteiger partial charge in [-0.1, -0.05) is 0 Å². The van der Waals surface area contributed by atoms with Crippen LogP contribution in [0.4, 0.5) is 8.78 Å². The monoisotopic (exact) mass is 391 g/mol. The van der Waals surface area contributed by atoms with Crippen LogP contribution >= 0.6 is 11.3 Å². The fourth-order valence-electron chi connectivity index (χ4n) is 2.64. The number of aryl methyl sites for hydroxylation is 1. The Bertz CT molecular complexity index is 939. The first-order valence-corrected chi connectivity index (χ1v) is 9.33. The lowest BCUT2D eigenvalue weighted by atomic mass is 10.2. The van der Waals surface area contributed by atoms with E-state index in [0.29, 0.717) is 4.88 Å². The number of carbonyl (C=O) groups is 1. The number of nitrogens with one attached hydrogen (secondary N) is 1. The maximum atomic E-state index is 13.6. The Morgan fingerprint density at radius 1 is 1.33 bits per heavy atom. The van der Waals surface area contributed by atoms with Gasteiger partial charge in [-0.05, 0) is 43.5 Å². The van der Waals surface area contributed by atoms with E-state index in [1.165, 1.54) is 17.4 Å². The minimum Gasteiger partial charge on any atom is -0.486 e. The molecular weight excluding hydrogens is 372 g/mol. The number of benzene rings is 1. The lowest BCUT2D eigenvalue weighted by Gasteiger charge is -2.14. The molecular formula is C19H19F2N3O2S. The first kappa shape index (κ1) is 19.0. The summed E-state index contributed by atoms with van der Waals surface area (Å²) in [5.41, 5.74) is 1.66. The van der Waals surface area contributed by atoms with Crippen molar-refractivity contribution in [2.45, 2.75) is 33.0 Å². The van der Waals surface area contributed by atoms with Crippen molar-refractivity contribution in [2.24, 2.45) is 0 Å².